The summed E-state index contributed by atoms with van der Waals surface area (Å²) >= 11 is 0. The molecule has 5 rings (SSSR count). The number of anilines is 2. The fraction of sp³-hybridized carbons (Fsp3) is 0.600. The van der Waals surface area contributed by atoms with Crippen LogP contribution in [0.3, 0.4) is 0 Å². The zero-order chi connectivity index (χ0) is 32.8. The van der Waals surface area contributed by atoms with Gasteiger partial charge in [0.1, 0.15) is 48.4 Å². The lowest BCUT2D eigenvalue weighted by Gasteiger charge is -2.21. The Balaban J connectivity index is 1.11. The highest BCUT2D eigenvalue weighted by Gasteiger charge is 2.43. The highest BCUT2D eigenvalue weighted by molar-refractivity contribution is 7.47. The largest absolute Gasteiger partial charge is 0.472 e. The van der Waals surface area contributed by atoms with Crippen molar-refractivity contribution < 1.29 is 43.2 Å². The van der Waals surface area contributed by atoms with Crippen LogP contribution in [0.2, 0.25) is 0 Å². The summed E-state index contributed by atoms with van der Waals surface area (Å²) in [7, 11) is -4.73. The van der Waals surface area contributed by atoms with Crippen molar-refractivity contribution in [3.8, 4) is 0 Å². The third-order valence-electron chi connectivity index (χ3n) is 7.56. The Morgan fingerprint density at radius 2 is 1.91 bits per heavy atom. The van der Waals surface area contributed by atoms with Crippen LogP contribution in [-0.4, -0.2) is 101 Å². The molecule has 2 aliphatic heterocycles. The lowest BCUT2D eigenvalue weighted by molar-refractivity contribution is -0.459. The lowest BCUT2D eigenvalue weighted by atomic mass is 10.2. The Labute approximate surface area is 262 Å². The number of hydrogen-bond acceptors (Lipinski definition) is 14. The van der Waals surface area contributed by atoms with Crippen LogP contribution in [0, 0.1) is 0 Å². The van der Waals surface area contributed by atoms with Crippen molar-refractivity contribution in [2.24, 2.45) is 11.5 Å². The van der Waals surface area contributed by atoms with Crippen LogP contribution in [0.25, 0.3) is 11.2 Å². The van der Waals surface area contributed by atoms with E-state index in [1.807, 2.05) is 0 Å². The van der Waals surface area contributed by atoms with E-state index in [1.54, 1.807) is 10.6 Å². The van der Waals surface area contributed by atoms with Gasteiger partial charge in [-0.1, -0.05) is 0 Å². The van der Waals surface area contributed by atoms with E-state index >= 15 is 0 Å². The molecule has 46 heavy (non-hydrogen) atoms. The average Bonchev–Trinajstić information content (AvgIpc) is 3.72. The molecule has 2 aliphatic rings. The standard InChI is InChI=1S/C25H38N11O9P/c26-22-21-23(32-12-31-22)36(13-33-21)19-8-14(38)17(44-19)11-42-46(40,41)45-15-9-20(43-16(15)10-37)35-7-4-18(34-25(35)39)29-5-2-1-3-6-30-24(27)28/h4,7,12-17,19-20,37-38H,1-3,5-6,8-11H2,(H,40,41)(H2,26,31,32)(H4,27,28,30)(H,29,34,39)/p+1. The van der Waals surface area contributed by atoms with Crippen LogP contribution in [0.5, 0.6) is 0 Å². The highest BCUT2D eigenvalue weighted by Crippen LogP contribution is 2.49. The lowest BCUT2D eigenvalue weighted by Crippen LogP contribution is -2.78. The van der Waals surface area contributed by atoms with Gasteiger partial charge in [-0.15, -0.1) is 0 Å². The van der Waals surface area contributed by atoms with E-state index in [2.05, 4.69) is 30.2 Å². The van der Waals surface area contributed by atoms with Gasteiger partial charge in [0.25, 0.3) is 0 Å². The van der Waals surface area contributed by atoms with Gasteiger partial charge in [-0.25, -0.2) is 24.3 Å². The van der Waals surface area contributed by atoms with E-state index in [4.69, 9.17) is 35.7 Å². The molecule has 20 nitrogen and oxygen atoms in total. The summed E-state index contributed by atoms with van der Waals surface area (Å²) in [4.78, 5) is 42.3. The van der Waals surface area contributed by atoms with E-state index in [0.717, 1.165) is 19.3 Å². The fourth-order valence-corrected chi connectivity index (χ4v) is 6.20. The number of hydrogen-bond donors (Lipinski definition) is 8. The number of ether oxygens (including phenoxy) is 2. The summed E-state index contributed by atoms with van der Waals surface area (Å²) < 4.78 is 37.8. The quantitative estimate of drug-likeness (QED) is 0.0347. The van der Waals surface area contributed by atoms with Gasteiger partial charge in [0.05, 0.1) is 32.2 Å². The number of fused-ring (bicyclic) bond motifs is 1. The van der Waals surface area contributed by atoms with Crippen LogP contribution < -0.4 is 33.2 Å². The van der Waals surface area contributed by atoms with Crippen LogP contribution in [0.4, 0.5) is 11.6 Å². The summed E-state index contributed by atoms with van der Waals surface area (Å²) in [6.45, 7) is 0.242. The first-order valence-corrected chi connectivity index (χ1v) is 16.2. The average molecular weight is 669 g/mol. The van der Waals surface area contributed by atoms with Crippen molar-refractivity contribution in [3.63, 3.8) is 0 Å². The molecule has 3 aromatic heterocycles. The SMILES string of the molecule is NC(N)=[NH+]CCCCCNc1ccn(C2CC(OP(=O)(O)OCC3OC(n4cnc5c(N)ncnc54)CC3O)C(CO)O2)c(=O)n1. The number of rotatable bonds is 15. The first kappa shape index (κ1) is 33.6. The molecule has 21 heteroatoms. The number of imidazole rings is 1. The topological polar surface area (TPSA) is 297 Å². The number of unbranched alkanes of at least 4 members (excludes halogenated alkanes) is 2. The number of nitrogens with one attached hydrogen (secondary N) is 2. The summed E-state index contributed by atoms with van der Waals surface area (Å²) in [6, 6.07) is 1.60. The molecular weight excluding hydrogens is 629 g/mol. The summed E-state index contributed by atoms with van der Waals surface area (Å²) in [5.74, 6) is 0.758. The number of phosphoric ester groups is 1. The minimum absolute atomic E-state index is 0.0460. The first-order chi connectivity index (χ1) is 22.0. The maximum absolute atomic E-state index is 12.9. The van der Waals surface area contributed by atoms with Crippen molar-refractivity contribution in [1.29, 1.82) is 0 Å². The highest BCUT2D eigenvalue weighted by atomic mass is 31.2. The van der Waals surface area contributed by atoms with Crippen molar-refractivity contribution in [2.75, 3.05) is 37.4 Å². The Kier molecular flexibility index (Phi) is 10.8. The molecular formula is C25H39N11O9P+. The predicted octanol–water partition coefficient (Wildman–Crippen LogP) is -2.97. The number of guanidine groups is 1. The smallest absolute Gasteiger partial charge is 0.394 e. The first-order valence-electron chi connectivity index (χ1n) is 14.7. The van der Waals surface area contributed by atoms with E-state index in [9.17, 15) is 24.5 Å². The second kappa shape index (κ2) is 14.8. The Hall–Kier alpha value is -3.75. The minimum atomic E-state index is -4.73. The summed E-state index contributed by atoms with van der Waals surface area (Å²) in [5.41, 5.74) is 16.7. The molecule has 7 atom stereocenters. The van der Waals surface area contributed by atoms with E-state index in [-0.39, 0.29) is 24.6 Å². The van der Waals surface area contributed by atoms with Crippen molar-refractivity contribution in [3.05, 3.63) is 35.4 Å². The minimum Gasteiger partial charge on any atom is -0.394 e. The number of nitrogens with two attached hydrogens (primary N) is 3. The van der Waals surface area contributed by atoms with Gasteiger partial charge in [0, 0.05) is 25.6 Å². The third kappa shape index (κ3) is 8.15. The Morgan fingerprint density at radius 3 is 2.67 bits per heavy atom. The Morgan fingerprint density at radius 1 is 1.13 bits per heavy atom. The molecule has 0 saturated carbocycles. The molecule has 0 spiro atoms. The molecule has 2 saturated heterocycles. The maximum Gasteiger partial charge on any atom is 0.472 e. The van der Waals surface area contributed by atoms with E-state index < -0.39 is 63.6 Å². The van der Waals surface area contributed by atoms with E-state index in [1.165, 1.54) is 23.4 Å². The van der Waals surface area contributed by atoms with Crippen LogP contribution in [0.1, 0.15) is 44.6 Å². The normalized spacial score (nSPS) is 25.9. The molecule has 5 heterocycles. The molecule has 11 N–H and O–H groups in total. The second-order valence-corrected chi connectivity index (χ2v) is 12.2. The van der Waals surface area contributed by atoms with Gasteiger partial charge < -0.3 is 35.6 Å². The zero-order valence-corrected chi connectivity index (χ0v) is 25.7. The molecule has 0 aliphatic carbocycles. The van der Waals surface area contributed by atoms with Gasteiger partial charge in [0.15, 0.2) is 11.5 Å². The van der Waals surface area contributed by atoms with Gasteiger partial charge in [-0.2, -0.15) is 4.98 Å². The molecule has 0 aromatic carbocycles. The monoisotopic (exact) mass is 668 g/mol. The van der Waals surface area contributed by atoms with Crippen LogP contribution in [-0.2, 0) is 23.1 Å². The molecule has 0 amide bonds. The van der Waals surface area contributed by atoms with Crippen molar-refractivity contribution in [1.82, 2.24) is 29.1 Å². The maximum atomic E-state index is 12.9. The van der Waals surface area contributed by atoms with Gasteiger partial charge >= 0.3 is 19.5 Å². The zero-order valence-electron chi connectivity index (χ0n) is 24.8. The number of nitrogen functional groups attached to an aromatic ring is 1. The van der Waals surface area contributed by atoms with Crippen LogP contribution in [0.15, 0.2) is 29.7 Å². The summed E-state index contributed by atoms with van der Waals surface area (Å²) in [6.07, 6.45) is 1.17. The third-order valence-corrected chi connectivity index (χ3v) is 8.57. The second-order valence-electron chi connectivity index (χ2n) is 10.8. The number of phosphoric acid groups is 1. The molecule has 2 fully saturated rings. The molecule has 252 valence electrons. The molecule has 0 bridgehead atoms. The van der Waals surface area contributed by atoms with Crippen molar-refractivity contribution >= 4 is 36.6 Å². The van der Waals surface area contributed by atoms with Gasteiger partial charge in [0.2, 0.25) is 0 Å². The molecule has 3 aromatic rings. The predicted molar refractivity (Wildman–Crippen MR) is 161 cm³/mol. The number of nitrogens with zero attached hydrogens (tertiary/aromatic N) is 6. The van der Waals surface area contributed by atoms with Crippen molar-refractivity contribution in [2.45, 2.75) is 69.0 Å². The molecule has 7 unspecified atom stereocenters. The van der Waals surface area contributed by atoms with Gasteiger partial charge in [-0.05, 0) is 25.3 Å². The van der Waals surface area contributed by atoms with Crippen LogP contribution >= 0.6 is 7.82 Å². The molecule has 0 radical (unpaired) electrons. The number of aliphatic hydroxyl groups is 2. The number of aromatic nitrogens is 6. The number of aliphatic hydroxyl groups excluding tert-OH is 2. The fourth-order valence-electron chi connectivity index (χ4n) is 5.24. The van der Waals surface area contributed by atoms with E-state index in [0.29, 0.717) is 30.1 Å². The Bertz CT molecular complexity index is 1620. The van der Waals surface area contributed by atoms with Gasteiger partial charge in [-0.3, -0.25) is 34.6 Å². The summed E-state index contributed by atoms with van der Waals surface area (Å²) in [5, 5.41) is 23.5.